The van der Waals surface area contributed by atoms with Crippen molar-refractivity contribution in [3.8, 4) is 0 Å². The molecule has 0 aromatic heterocycles. The van der Waals surface area contributed by atoms with Crippen molar-refractivity contribution in [2.24, 2.45) is 0 Å². The first-order valence-corrected chi connectivity index (χ1v) is 8.68. The van der Waals surface area contributed by atoms with Gasteiger partial charge in [0.2, 0.25) is 11.8 Å². The molecule has 1 unspecified atom stereocenters. The number of hydrogen-bond donors (Lipinski definition) is 1. The molecule has 0 spiro atoms. The minimum absolute atomic E-state index is 0.0426. The Kier molecular flexibility index (Phi) is 7.02. The Labute approximate surface area is 153 Å². The summed E-state index contributed by atoms with van der Waals surface area (Å²) in [6.07, 6.45) is 0.695. The number of hydrogen-bond acceptors (Lipinski definition) is 2. The summed E-state index contributed by atoms with van der Waals surface area (Å²) in [6, 6.07) is 17.1. The van der Waals surface area contributed by atoms with Gasteiger partial charge in [-0.2, -0.15) is 0 Å². The second kappa shape index (κ2) is 9.23. The van der Waals surface area contributed by atoms with Gasteiger partial charge in [-0.25, -0.2) is 0 Å². The number of rotatable bonds is 7. The second-order valence-electron chi connectivity index (χ2n) is 5.96. The molecule has 132 valence electrons. The average Bonchev–Trinajstić information content (AvgIpc) is 2.60. The highest BCUT2D eigenvalue weighted by molar-refractivity contribution is 6.30. The molecule has 0 radical (unpaired) electrons. The molecule has 0 aliphatic rings. The van der Waals surface area contributed by atoms with Gasteiger partial charge < -0.3 is 10.2 Å². The topological polar surface area (TPSA) is 49.4 Å². The summed E-state index contributed by atoms with van der Waals surface area (Å²) in [7, 11) is 0. The smallest absolute Gasteiger partial charge is 0.239 e. The molecule has 1 N–H and O–H groups in total. The number of carbonyl (C=O) groups excluding carboxylic acids is 2. The van der Waals surface area contributed by atoms with E-state index in [4.69, 9.17) is 11.6 Å². The van der Waals surface area contributed by atoms with Gasteiger partial charge in [-0.15, -0.1) is 0 Å². The molecule has 0 heterocycles. The average molecular weight is 359 g/mol. The largest absolute Gasteiger partial charge is 0.354 e. The molecular formula is C20H23ClN2O2. The van der Waals surface area contributed by atoms with Crippen LogP contribution >= 0.6 is 11.6 Å². The number of nitrogens with one attached hydrogen (secondary N) is 1. The van der Waals surface area contributed by atoms with Crippen LogP contribution in [-0.2, 0) is 16.0 Å². The zero-order valence-electron chi connectivity index (χ0n) is 14.5. The molecule has 0 aliphatic heterocycles. The van der Waals surface area contributed by atoms with Gasteiger partial charge in [-0.05, 0) is 36.6 Å². The number of benzene rings is 2. The van der Waals surface area contributed by atoms with Crippen molar-refractivity contribution < 1.29 is 9.59 Å². The van der Waals surface area contributed by atoms with Crippen molar-refractivity contribution in [3.05, 3.63) is 70.7 Å². The van der Waals surface area contributed by atoms with E-state index in [9.17, 15) is 9.59 Å². The van der Waals surface area contributed by atoms with Crippen LogP contribution in [0.2, 0.25) is 5.02 Å². The van der Waals surface area contributed by atoms with Crippen LogP contribution in [0.1, 0.15) is 31.0 Å². The standard InChI is InChI=1S/C20H23ClN2O2/c1-15(18-8-4-3-5-9-18)23(16(2)24)14-20(25)22-12-11-17-7-6-10-19(21)13-17/h3-10,13,15H,11-12,14H2,1-2H3,(H,22,25). The van der Waals surface area contributed by atoms with Crippen LogP contribution in [0.4, 0.5) is 0 Å². The lowest BCUT2D eigenvalue weighted by Crippen LogP contribution is -2.41. The van der Waals surface area contributed by atoms with E-state index >= 15 is 0 Å². The maximum atomic E-state index is 12.2. The summed E-state index contributed by atoms with van der Waals surface area (Å²) in [4.78, 5) is 25.8. The fourth-order valence-electron chi connectivity index (χ4n) is 2.68. The molecule has 4 nitrogen and oxygen atoms in total. The van der Waals surface area contributed by atoms with Crippen LogP contribution < -0.4 is 5.32 Å². The zero-order valence-corrected chi connectivity index (χ0v) is 15.3. The van der Waals surface area contributed by atoms with Crippen LogP contribution in [0.25, 0.3) is 0 Å². The molecule has 2 aromatic rings. The molecule has 2 rings (SSSR count). The lowest BCUT2D eigenvalue weighted by Gasteiger charge is -2.28. The molecule has 2 amide bonds. The van der Waals surface area contributed by atoms with Gasteiger partial charge in [0.25, 0.3) is 0 Å². The van der Waals surface area contributed by atoms with Crippen molar-refractivity contribution >= 4 is 23.4 Å². The molecule has 0 bridgehead atoms. The highest BCUT2D eigenvalue weighted by Gasteiger charge is 2.20. The number of halogens is 1. The Hall–Kier alpha value is -2.33. The first-order valence-electron chi connectivity index (χ1n) is 8.30. The van der Waals surface area contributed by atoms with E-state index in [2.05, 4.69) is 5.32 Å². The summed E-state index contributed by atoms with van der Waals surface area (Å²) in [5.41, 5.74) is 2.07. The minimum Gasteiger partial charge on any atom is -0.354 e. The summed E-state index contributed by atoms with van der Waals surface area (Å²) in [5.74, 6) is -0.290. The molecule has 1 atom stereocenters. The van der Waals surface area contributed by atoms with Gasteiger partial charge in [-0.1, -0.05) is 54.1 Å². The summed E-state index contributed by atoms with van der Waals surface area (Å²) < 4.78 is 0. The lowest BCUT2D eigenvalue weighted by molar-refractivity contribution is -0.136. The van der Waals surface area contributed by atoms with E-state index in [0.717, 1.165) is 11.1 Å². The van der Waals surface area contributed by atoms with Gasteiger partial charge in [0.15, 0.2) is 0 Å². The van der Waals surface area contributed by atoms with E-state index in [-0.39, 0.29) is 24.4 Å². The summed E-state index contributed by atoms with van der Waals surface area (Å²) in [6.45, 7) is 3.96. The van der Waals surface area contributed by atoms with E-state index in [1.165, 1.54) is 6.92 Å². The van der Waals surface area contributed by atoms with Crippen molar-refractivity contribution in [1.82, 2.24) is 10.2 Å². The minimum atomic E-state index is -0.167. The molecule has 5 heteroatoms. The molecule has 2 aromatic carbocycles. The van der Waals surface area contributed by atoms with Crippen LogP contribution in [0.3, 0.4) is 0 Å². The third-order valence-electron chi connectivity index (χ3n) is 4.09. The first-order chi connectivity index (χ1) is 12.0. The van der Waals surface area contributed by atoms with Crippen molar-refractivity contribution in [3.63, 3.8) is 0 Å². The van der Waals surface area contributed by atoms with Gasteiger partial charge in [0, 0.05) is 18.5 Å². The number of amides is 2. The zero-order chi connectivity index (χ0) is 18.2. The normalized spacial score (nSPS) is 11.6. The maximum Gasteiger partial charge on any atom is 0.239 e. The van der Waals surface area contributed by atoms with E-state index in [0.29, 0.717) is 18.0 Å². The van der Waals surface area contributed by atoms with Gasteiger partial charge in [0.05, 0.1) is 6.04 Å². The molecule has 0 saturated carbocycles. The Bertz CT molecular complexity index is 719. The monoisotopic (exact) mass is 358 g/mol. The summed E-state index contributed by atoms with van der Waals surface area (Å²) in [5, 5.41) is 3.55. The number of carbonyl (C=O) groups is 2. The van der Waals surface area contributed by atoms with Crippen LogP contribution in [0, 0.1) is 0 Å². The van der Waals surface area contributed by atoms with Crippen LogP contribution in [0.5, 0.6) is 0 Å². The third-order valence-corrected chi connectivity index (χ3v) is 4.33. The Morgan fingerprint density at radius 2 is 1.84 bits per heavy atom. The van der Waals surface area contributed by atoms with Gasteiger partial charge in [-0.3, -0.25) is 9.59 Å². The van der Waals surface area contributed by atoms with Crippen molar-refractivity contribution in [2.45, 2.75) is 26.3 Å². The predicted molar refractivity (Wildman–Crippen MR) is 100 cm³/mol. The van der Waals surface area contributed by atoms with Crippen LogP contribution in [0.15, 0.2) is 54.6 Å². The maximum absolute atomic E-state index is 12.2. The Morgan fingerprint density at radius 3 is 2.48 bits per heavy atom. The molecule has 0 saturated heterocycles. The number of nitrogens with zero attached hydrogens (tertiary/aromatic N) is 1. The van der Waals surface area contributed by atoms with Crippen molar-refractivity contribution in [1.29, 1.82) is 0 Å². The Morgan fingerprint density at radius 1 is 1.12 bits per heavy atom. The van der Waals surface area contributed by atoms with Gasteiger partial charge in [0.1, 0.15) is 6.54 Å². The van der Waals surface area contributed by atoms with Crippen molar-refractivity contribution in [2.75, 3.05) is 13.1 Å². The molecule has 0 fully saturated rings. The molecule has 25 heavy (non-hydrogen) atoms. The highest BCUT2D eigenvalue weighted by Crippen LogP contribution is 2.19. The molecule has 0 aliphatic carbocycles. The predicted octanol–water partition coefficient (Wildman–Crippen LogP) is 3.61. The SMILES string of the molecule is CC(=O)N(CC(=O)NCCc1cccc(Cl)c1)C(C)c1ccccc1. The van der Waals surface area contributed by atoms with Gasteiger partial charge >= 0.3 is 0 Å². The van der Waals surface area contributed by atoms with Crippen LogP contribution in [-0.4, -0.2) is 29.8 Å². The van der Waals surface area contributed by atoms with E-state index in [1.807, 2.05) is 61.5 Å². The second-order valence-corrected chi connectivity index (χ2v) is 6.40. The lowest BCUT2D eigenvalue weighted by atomic mass is 10.1. The Balaban J connectivity index is 1.88. The first kappa shape index (κ1) is 19.0. The highest BCUT2D eigenvalue weighted by atomic mass is 35.5. The fourth-order valence-corrected chi connectivity index (χ4v) is 2.89. The summed E-state index contributed by atoms with van der Waals surface area (Å²) >= 11 is 5.95. The quantitative estimate of drug-likeness (QED) is 0.822. The third kappa shape index (κ3) is 5.91. The molecular weight excluding hydrogens is 336 g/mol. The van der Waals surface area contributed by atoms with E-state index in [1.54, 1.807) is 4.90 Å². The fraction of sp³-hybridized carbons (Fsp3) is 0.300. The van der Waals surface area contributed by atoms with E-state index < -0.39 is 0 Å².